The minimum Gasteiger partial charge on any atom is -0.390 e. The Morgan fingerprint density at radius 3 is 2.35 bits per heavy atom. The average molecular weight is 322 g/mol. The molecule has 3 nitrogen and oxygen atoms in total. The standard InChI is InChI=1S/C19H18N2OS/c20-18-16(13-17(23-18)15-9-5-2-6-10-15)19(22)21-12-11-14-7-3-1-4-8-14/h1-10,13H,11-12,20H2,(H,21,22). The number of benzene rings is 2. The van der Waals surface area contributed by atoms with E-state index in [1.807, 2.05) is 54.6 Å². The van der Waals surface area contributed by atoms with Crippen LogP contribution in [0.1, 0.15) is 15.9 Å². The molecule has 0 fully saturated rings. The SMILES string of the molecule is Nc1sc(-c2ccccc2)cc1C(=O)NCCc1ccccc1. The van der Waals surface area contributed by atoms with Crippen molar-refractivity contribution < 1.29 is 4.79 Å². The van der Waals surface area contributed by atoms with E-state index in [0.29, 0.717) is 17.1 Å². The highest BCUT2D eigenvalue weighted by Crippen LogP contribution is 2.33. The van der Waals surface area contributed by atoms with Crippen LogP contribution in [0.3, 0.4) is 0 Å². The van der Waals surface area contributed by atoms with Gasteiger partial charge in [0.2, 0.25) is 0 Å². The second-order valence-corrected chi connectivity index (χ2v) is 6.33. The van der Waals surface area contributed by atoms with Crippen LogP contribution < -0.4 is 11.1 Å². The number of carbonyl (C=O) groups is 1. The molecule has 3 N–H and O–H groups in total. The zero-order valence-electron chi connectivity index (χ0n) is 12.7. The van der Waals surface area contributed by atoms with Gasteiger partial charge in [-0.1, -0.05) is 60.7 Å². The fourth-order valence-electron chi connectivity index (χ4n) is 2.39. The Morgan fingerprint density at radius 2 is 1.65 bits per heavy atom. The van der Waals surface area contributed by atoms with Gasteiger partial charge in [0.1, 0.15) is 0 Å². The van der Waals surface area contributed by atoms with Gasteiger partial charge in [0.15, 0.2) is 0 Å². The first kappa shape index (κ1) is 15.3. The number of amides is 1. The zero-order valence-corrected chi connectivity index (χ0v) is 13.5. The summed E-state index contributed by atoms with van der Waals surface area (Å²) in [7, 11) is 0. The molecule has 0 radical (unpaired) electrons. The molecule has 0 aliphatic carbocycles. The van der Waals surface area contributed by atoms with Crippen LogP contribution in [0.15, 0.2) is 66.7 Å². The van der Waals surface area contributed by atoms with Crippen molar-refractivity contribution in [3.05, 3.63) is 77.9 Å². The number of thiophene rings is 1. The maximum Gasteiger partial charge on any atom is 0.254 e. The van der Waals surface area contributed by atoms with Crippen LogP contribution in [0.25, 0.3) is 10.4 Å². The Kier molecular flexibility index (Phi) is 4.74. The summed E-state index contributed by atoms with van der Waals surface area (Å²) in [5, 5.41) is 3.50. The third kappa shape index (κ3) is 3.79. The van der Waals surface area contributed by atoms with E-state index >= 15 is 0 Å². The summed E-state index contributed by atoms with van der Waals surface area (Å²) in [6.45, 7) is 0.596. The Bertz CT molecular complexity index is 782. The molecule has 23 heavy (non-hydrogen) atoms. The Hall–Kier alpha value is -2.59. The van der Waals surface area contributed by atoms with E-state index in [1.54, 1.807) is 0 Å². The van der Waals surface area contributed by atoms with E-state index in [-0.39, 0.29) is 5.91 Å². The van der Waals surface area contributed by atoms with Gasteiger partial charge >= 0.3 is 0 Å². The third-order valence-electron chi connectivity index (χ3n) is 3.61. The molecule has 0 saturated heterocycles. The van der Waals surface area contributed by atoms with Gasteiger partial charge in [-0.15, -0.1) is 11.3 Å². The van der Waals surface area contributed by atoms with E-state index in [2.05, 4.69) is 17.4 Å². The second kappa shape index (κ2) is 7.11. The molecule has 2 aromatic carbocycles. The van der Waals surface area contributed by atoms with Crippen molar-refractivity contribution in [3.8, 4) is 10.4 Å². The molecule has 3 aromatic rings. The van der Waals surface area contributed by atoms with E-state index in [4.69, 9.17) is 5.73 Å². The first-order valence-corrected chi connectivity index (χ1v) is 8.32. The Labute approximate surface area is 139 Å². The summed E-state index contributed by atoms with van der Waals surface area (Å²) in [5.74, 6) is -0.114. The summed E-state index contributed by atoms with van der Waals surface area (Å²) in [6.07, 6.45) is 0.808. The molecular formula is C19H18N2OS. The van der Waals surface area contributed by atoms with Crippen LogP contribution in [0.4, 0.5) is 5.00 Å². The Morgan fingerprint density at radius 1 is 1.00 bits per heavy atom. The number of rotatable bonds is 5. The molecule has 1 aromatic heterocycles. The fraction of sp³-hybridized carbons (Fsp3) is 0.105. The lowest BCUT2D eigenvalue weighted by Gasteiger charge is -2.04. The quantitative estimate of drug-likeness (QED) is 0.747. The molecule has 0 saturated carbocycles. The molecule has 0 spiro atoms. The molecule has 0 atom stereocenters. The van der Waals surface area contributed by atoms with Gasteiger partial charge in [-0.3, -0.25) is 4.79 Å². The van der Waals surface area contributed by atoms with Gasteiger partial charge in [0.25, 0.3) is 5.91 Å². The number of carbonyl (C=O) groups excluding carboxylic acids is 1. The topological polar surface area (TPSA) is 55.1 Å². The third-order valence-corrected chi connectivity index (χ3v) is 4.62. The minimum absolute atomic E-state index is 0.114. The molecular weight excluding hydrogens is 304 g/mol. The minimum atomic E-state index is -0.114. The fourth-order valence-corrected chi connectivity index (χ4v) is 3.32. The highest BCUT2D eigenvalue weighted by molar-refractivity contribution is 7.19. The van der Waals surface area contributed by atoms with Crippen molar-refractivity contribution >= 4 is 22.2 Å². The summed E-state index contributed by atoms with van der Waals surface area (Å²) >= 11 is 1.44. The molecule has 4 heteroatoms. The molecule has 0 aliphatic heterocycles. The van der Waals surface area contributed by atoms with Crippen molar-refractivity contribution in [3.63, 3.8) is 0 Å². The largest absolute Gasteiger partial charge is 0.390 e. The van der Waals surface area contributed by atoms with Gasteiger partial charge in [0.05, 0.1) is 10.6 Å². The maximum atomic E-state index is 12.3. The maximum absolute atomic E-state index is 12.3. The van der Waals surface area contributed by atoms with Gasteiger partial charge in [-0.25, -0.2) is 0 Å². The van der Waals surface area contributed by atoms with E-state index in [1.165, 1.54) is 16.9 Å². The molecule has 0 unspecified atom stereocenters. The van der Waals surface area contributed by atoms with Crippen LogP contribution in [-0.4, -0.2) is 12.5 Å². The van der Waals surface area contributed by atoms with Crippen LogP contribution in [-0.2, 0) is 6.42 Å². The van der Waals surface area contributed by atoms with Crippen LogP contribution >= 0.6 is 11.3 Å². The van der Waals surface area contributed by atoms with Crippen molar-refractivity contribution in [1.82, 2.24) is 5.32 Å². The highest BCUT2D eigenvalue weighted by atomic mass is 32.1. The van der Waals surface area contributed by atoms with Crippen molar-refractivity contribution in [2.75, 3.05) is 12.3 Å². The van der Waals surface area contributed by atoms with E-state index < -0.39 is 0 Å². The monoisotopic (exact) mass is 322 g/mol. The molecule has 116 valence electrons. The number of hydrogen-bond donors (Lipinski definition) is 2. The molecule has 0 aliphatic rings. The normalized spacial score (nSPS) is 10.4. The molecule has 1 heterocycles. The summed E-state index contributed by atoms with van der Waals surface area (Å²) in [5.41, 5.74) is 8.86. The van der Waals surface area contributed by atoms with Crippen LogP contribution in [0.5, 0.6) is 0 Å². The van der Waals surface area contributed by atoms with E-state index in [0.717, 1.165) is 16.9 Å². The van der Waals surface area contributed by atoms with Crippen LogP contribution in [0.2, 0.25) is 0 Å². The molecule has 1 amide bonds. The smallest absolute Gasteiger partial charge is 0.254 e. The first-order chi connectivity index (χ1) is 11.2. The number of nitrogen functional groups attached to an aromatic ring is 1. The molecule has 0 bridgehead atoms. The number of nitrogens with two attached hydrogens (primary N) is 1. The number of hydrogen-bond acceptors (Lipinski definition) is 3. The lowest BCUT2D eigenvalue weighted by Crippen LogP contribution is -2.25. The number of anilines is 1. The lowest BCUT2D eigenvalue weighted by atomic mass is 10.1. The summed E-state index contributed by atoms with van der Waals surface area (Å²) in [6, 6.07) is 21.9. The summed E-state index contributed by atoms with van der Waals surface area (Å²) < 4.78 is 0. The second-order valence-electron chi connectivity index (χ2n) is 5.25. The first-order valence-electron chi connectivity index (χ1n) is 7.51. The average Bonchev–Trinajstić information content (AvgIpc) is 2.98. The van der Waals surface area contributed by atoms with Gasteiger partial charge in [-0.2, -0.15) is 0 Å². The van der Waals surface area contributed by atoms with Gasteiger partial charge in [-0.05, 0) is 23.6 Å². The van der Waals surface area contributed by atoms with E-state index in [9.17, 15) is 4.79 Å². The zero-order chi connectivity index (χ0) is 16.1. The number of nitrogens with one attached hydrogen (secondary N) is 1. The van der Waals surface area contributed by atoms with Gasteiger partial charge < -0.3 is 11.1 Å². The predicted octanol–water partition coefficient (Wildman–Crippen LogP) is 3.97. The van der Waals surface area contributed by atoms with Crippen LogP contribution in [0, 0.1) is 0 Å². The summed E-state index contributed by atoms with van der Waals surface area (Å²) in [4.78, 5) is 13.3. The van der Waals surface area contributed by atoms with Crippen molar-refractivity contribution in [1.29, 1.82) is 0 Å². The predicted molar refractivity (Wildman–Crippen MR) is 96.6 cm³/mol. The lowest BCUT2D eigenvalue weighted by molar-refractivity contribution is 0.0955. The van der Waals surface area contributed by atoms with Crippen molar-refractivity contribution in [2.24, 2.45) is 0 Å². The Balaban J connectivity index is 1.65. The highest BCUT2D eigenvalue weighted by Gasteiger charge is 2.14. The molecule has 3 rings (SSSR count). The van der Waals surface area contributed by atoms with Crippen molar-refractivity contribution in [2.45, 2.75) is 6.42 Å². The van der Waals surface area contributed by atoms with Gasteiger partial charge in [0, 0.05) is 11.4 Å².